The van der Waals surface area contributed by atoms with Crippen LogP contribution in [-0.2, 0) is 6.42 Å². The Hall–Kier alpha value is -3.13. The predicted octanol–water partition coefficient (Wildman–Crippen LogP) is 6.66. The molecule has 4 rings (SSSR count). The van der Waals surface area contributed by atoms with E-state index in [2.05, 4.69) is 62.4 Å². The van der Waals surface area contributed by atoms with Gasteiger partial charge in [-0.25, -0.2) is 4.98 Å². The largest absolute Gasteiger partial charge is 0.440 e. The first-order valence-corrected chi connectivity index (χ1v) is 9.38. The molecule has 3 aromatic carbocycles. The van der Waals surface area contributed by atoms with Gasteiger partial charge in [0.05, 0.1) is 0 Å². The summed E-state index contributed by atoms with van der Waals surface area (Å²) in [5.74, 6) is 1.96. The van der Waals surface area contributed by atoms with Gasteiger partial charge in [0, 0.05) is 17.5 Å². The van der Waals surface area contributed by atoms with Crippen LogP contribution in [-0.4, -0.2) is 4.98 Å². The second-order valence-corrected chi connectivity index (χ2v) is 7.03. The van der Waals surface area contributed by atoms with E-state index >= 15 is 0 Å². The summed E-state index contributed by atoms with van der Waals surface area (Å²) in [6.07, 6.45) is 0.774. The summed E-state index contributed by atoms with van der Waals surface area (Å²) >= 11 is 0. The topological polar surface area (TPSA) is 26.0 Å². The highest BCUT2D eigenvalue weighted by Crippen LogP contribution is 2.34. The molecular weight excluding hydrogens is 330 g/mol. The minimum atomic E-state index is 0.344. The molecule has 4 aromatic rings. The second-order valence-electron chi connectivity index (χ2n) is 7.03. The summed E-state index contributed by atoms with van der Waals surface area (Å²) in [5.41, 5.74) is 5.63. The first-order valence-electron chi connectivity index (χ1n) is 9.38. The molecule has 0 aliphatic rings. The summed E-state index contributed by atoms with van der Waals surface area (Å²) in [5, 5.41) is 0. The molecule has 0 bridgehead atoms. The maximum absolute atomic E-state index is 6.26. The molecule has 0 amide bonds. The molecule has 134 valence electrons. The van der Waals surface area contributed by atoms with Crippen molar-refractivity contribution in [3.63, 3.8) is 0 Å². The van der Waals surface area contributed by atoms with Gasteiger partial charge in [-0.2, -0.15) is 0 Å². The van der Waals surface area contributed by atoms with Gasteiger partial charge in [0.25, 0.3) is 0 Å². The Kier molecular flexibility index (Phi) is 4.88. The third-order valence-electron chi connectivity index (χ3n) is 4.88. The van der Waals surface area contributed by atoms with Gasteiger partial charge in [0.1, 0.15) is 5.69 Å². The lowest BCUT2D eigenvalue weighted by atomic mass is 9.97. The van der Waals surface area contributed by atoms with Gasteiger partial charge < -0.3 is 4.42 Å². The van der Waals surface area contributed by atoms with Crippen molar-refractivity contribution in [2.75, 3.05) is 0 Å². The van der Waals surface area contributed by atoms with E-state index in [0.717, 1.165) is 34.9 Å². The van der Waals surface area contributed by atoms with E-state index in [-0.39, 0.29) is 0 Å². The summed E-state index contributed by atoms with van der Waals surface area (Å²) in [4.78, 5) is 4.87. The molecule has 1 unspecified atom stereocenters. The number of nitrogens with zero attached hydrogens (tertiary/aromatic N) is 1. The van der Waals surface area contributed by atoms with Crippen molar-refractivity contribution in [3.8, 4) is 22.6 Å². The highest BCUT2D eigenvalue weighted by atomic mass is 16.4. The van der Waals surface area contributed by atoms with Crippen LogP contribution >= 0.6 is 0 Å². The Morgan fingerprint density at radius 3 is 2.00 bits per heavy atom. The third-order valence-corrected chi connectivity index (χ3v) is 4.88. The average molecular weight is 353 g/mol. The molecule has 0 aliphatic carbocycles. The fraction of sp³-hybridized carbons (Fsp3) is 0.160. The number of benzene rings is 3. The van der Waals surface area contributed by atoms with Gasteiger partial charge in [-0.1, -0.05) is 97.4 Å². The first-order chi connectivity index (χ1) is 13.2. The molecule has 2 heteroatoms. The lowest BCUT2D eigenvalue weighted by molar-refractivity contribution is 0.488. The quantitative estimate of drug-likeness (QED) is 0.401. The van der Waals surface area contributed by atoms with Crippen molar-refractivity contribution in [3.05, 3.63) is 102 Å². The maximum atomic E-state index is 6.26. The van der Waals surface area contributed by atoms with E-state index < -0.39 is 0 Å². The minimum Gasteiger partial charge on any atom is -0.440 e. The fourth-order valence-corrected chi connectivity index (χ4v) is 3.30. The van der Waals surface area contributed by atoms with Crippen LogP contribution in [0.4, 0.5) is 0 Å². The molecule has 2 nitrogen and oxygen atoms in total. The standard InChI is InChI=1S/C25H23NO/c1-18-13-15-20(16-14-18)19(2)17-23-26-24(21-9-5-3-6-10-21)25(27-23)22-11-7-4-8-12-22/h3-16,19H,17H2,1-2H3. The zero-order chi connectivity index (χ0) is 18.6. The molecule has 27 heavy (non-hydrogen) atoms. The Morgan fingerprint density at radius 1 is 0.778 bits per heavy atom. The number of hydrogen-bond donors (Lipinski definition) is 0. The highest BCUT2D eigenvalue weighted by molar-refractivity contribution is 5.76. The summed E-state index contributed by atoms with van der Waals surface area (Å²) in [6.45, 7) is 4.33. The number of oxazole rings is 1. The van der Waals surface area contributed by atoms with Crippen molar-refractivity contribution in [1.82, 2.24) is 4.98 Å². The summed E-state index contributed by atoms with van der Waals surface area (Å²) in [7, 11) is 0. The van der Waals surface area contributed by atoms with Crippen LogP contribution in [0.1, 0.15) is 29.9 Å². The van der Waals surface area contributed by atoms with Crippen LogP contribution < -0.4 is 0 Å². The lowest BCUT2D eigenvalue weighted by Crippen LogP contribution is -1.98. The van der Waals surface area contributed by atoms with Gasteiger partial charge in [0.15, 0.2) is 11.7 Å². The lowest BCUT2D eigenvalue weighted by Gasteiger charge is -2.09. The van der Waals surface area contributed by atoms with Gasteiger partial charge in [0.2, 0.25) is 0 Å². The molecule has 0 spiro atoms. The van der Waals surface area contributed by atoms with Crippen molar-refractivity contribution in [2.24, 2.45) is 0 Å². The Balaban J connectivity index is 1.70. The summed E-state index contributed by atoms with van der Waals surface area (Å²) < 4.78 is 6.26. The van der Waals surface area contributed by atoms with E-state index in [1.165, 1.54) is 11.1 Å². The zero-order valence-electron chi connectivity index (χ0n) is 15.7. The van der Waals surface area contributed by atoms with Crippen LogP contribution in [0.2, 0.25) is 0 Å². The number of aryl methyl sites for hydroxylation is 1. The molecule has 0 saturated heterocycles. The molecule has 1 heterocycles. The first kappa shape index (κ1) is 17.3. The third kappa shape index (κ3) is 3.85. The van der Waals surface area contributed by atoms with Gasteiger partial charge in [-0.15, -0.1) is 0 Å². The van der Waals surface area contributed by atoms with Crippen molar-refractivity contribution < 1.29 is 4.42 Å². The van der Waals surface area contributed by atoms with Gasteiger partial charge in [-0.05, 0) is 18.4 Å². The SMILES string of the molecule is Cc1ccc(C(C)Cc2nc(-c3ccccc3)c(-c3ccccc3)o2)cc1. The average Bonchev–Trinajstić information content (AvgIpc) is 3.13. The smallest absolute Gasteiger partial charge is 0.196 e. The molecular formula is C25H23NO. The van der Waals surface area contributed by atoms with E-state index in [1.807, 2.05) is 36.4 Å². The summed E-state index contributed by atoms with van der Waals surface area (Å²) in [6, 6.07) is 29.2. The normalized spacial score (nSPS) is 12.1. The van der Waals surface area contributed by atoms with Gasteiger partial charge >= 0.3 is 0 Å². The molecule has 0 saturated carbocycles. The molecule has 1 aromatic heterocycles. The Bertz CT molecular complexity index is 944. The van der Waals surface area contributed by atoms with Crippen LogP contribution in [0, 0.1) is 6.92 Å². The number of rotatable bonds is 5. The minimum absolute atomic E-state index is 0.344. The van der Waals surface area contributed by atoms with E-state index in [4.69, 9.17) is 9.40 Å². The second kappa shape index (κ2) is 7.63. The van der Waals surface area contributed by atoms with Crippen LogP contribution in [0.25, 0.3) is 22.6 Å². The maximum Gasteiger partial charge on any atom is 0.196 e. The van der Waals surface area contributed by atoms with Crippen molar-refractivity contribution in [1.29, 1.82) is 0 Å². The molecule has 1 atom stereocenters. The Labute approximate surface area is 160 Å². The van der Waals surface area contributed by atoms with Crippen molar-refractivity contribution in [2.45, 2.75) is 26.2 Å². The molecule has 0 N–H and O–H groups in total. The predicted molar refractivity (Wildman–Crippen MR) is 111 cm³/mol. The van der Waals surface area contributed by atoms with Crippen LogP contribution in [0.3, 0.4) is 0 Å². The van der Waals surface area contributed by atoms with Crippen LogP contribution in [0.5, 0.6) is 0 Å². The highest BCUT2D eigenvalue weighted by Gasteiger charge is 2.18. The van der Waals surface area contributed by atoms with Gasteiger partial charge in [-0.3, -0.25) is 0 Å². The Morgan fingerprint density at radius 2 is 1.37 bits per heavy atom. The monoisotopic (exact) mass is 353 g/mol. The fourth-order valence-electron chi connectivity index (χ4n) is 3.30. The molecule has 0 fully saturated rings. The number of hydrogen-bond acceptors (Lipinski definition) is 2. The van der Waals surface area contributed by atoms with E-state index in [1.54, 1.807) is 0 Å². The van der Waals surface area contributed by atoms with Crippen molar-refractivity contribution >= 4 is 0 Å². The van der Waals surface area contributed by atoms with E-state index in [9.17, 15) is 0 Å². The van der Waals surface area contributed by atoms with Crippen LogP contribution in [0.15, 0.2) is 89.3 Å². The zero-order valence-corrected chi connectivity index (χ0v) is 15.7. The number of aromatic nitrogens is 1. The molecule has 0 aliphatic heterocycles. The molecule has 0 radical (unpaired) electrons. The van der Waals surface area contributed by atoms with E-state index in [0.29, 0.717) is 5.92 Å².